The molecule has 1 saturated heterocycles. The highest BCUT2D eigenvalue weighted by Gasteiger charge is 2.36. The number of hydrogen-bond acceptors (Lipinski definition) is 9. The molecule has 3 aromatic rings. The van der Waals surface area contributed by atoms with E-state index in [0.717, 1.165) is 62.3 Å². The lowest BCUT2D eigenvalue weighted by Gasteiger charge is -2.39. The van der Waals surface area contributed by atoms with Gasteiger partial charge in [0.15, 0.2) is 5.78 Å². The van der Waals surface area contributed by atoms with Crippen LogP contribution in [0.15, 0.2) is 78.0 Å². The van der Waals surface area contributed by atoms with Gasteiger partial charge in [-0.2, -0.15) is 12.6 Å². The van der Waals surface area contributed by atoms with Gasteiger partial charge in [-0.25, -0.2) is 4.79 Å². The third-order valence-corrected chi connectivity index (χ3v) is 9.38. The number of morpholine rings is 1. The van der Waals surface area contributed by atoms with Crippen LogP contribution in [-0.4, -0.2) is 65.7 Å². The summed E-state index contributed by atoms with van der Waals surface area (Å²) >= 11 is 4.29. The molecular weight excluding hydrogens is 635 g/mol. The summed E-state index contributed by atoms with van der Waals surface area (Å²) < 4.78 is 5.50. The van der Waals surface area contributed by atoms with Gasteiger partial charge in [0.25, 0.3) is 0 Å². The molecule has 49 heavy (non-hydrogen) atoms. The zero-order valence-corrected chi connectivity index (χ0v) is 30.3. The first kappa shape index (κ1) is 38.0. The fourth-order valence-corrected chi connectivity index (χ4v) is 6.09. The van der Waals surface area contributed by atoms with Crippen LogP contribution < -0.4 is 4.90 Å². The number of carbonyl (C=O) groups is 3. The summed E-state index contributed by atoms with van der Waals surface area (Å²) in [7, 11) is 0. The minimum Gasteiger partial charge on any atom is -0.379 e. The number of ether oxygens (including phenoxy) is 1. The van der Waals surface area contributed by atoms with Gasteiger partial charge < -0.3 is 14.5 Å². The number of aryl methyl sites for hydroxylation is 1. The first-order valence-electron chi connectivity index (χ1n) is 17.6. The summed E-state index contributed by atoms with van der Waals surface area (Å²) in [6.07, 6.45) is 6.05. The quantitative estimate of drug-likeness (QED) is 0.0358. The number of unbranched alkanes of at least 4 members (excludes halogenated alkanes) is 3. The van der Waals surface area contributed by atoms with Crippen LogP contribution in [0, 0.1) is 0 Å². The Bertz CT molecular complexity index is 1550. The Kier molecular flexibility index (Phi) is 14.6. The van der Waals surface area contributed by atoms with Gasteiger partial charge in [0.05, 0.1) is 18.8 Å². The highest BCUT2D eigenvalue weighted by molar-refractivity contribution is 7.80. The molecule has 8 nitrogen and oxygen atoms in total. The molecule has 9 heteroatoms. The lowest BCUT2D eigenvalue weighted by atomic mass is 9.90. The molecule has 0 radical (unpaired) electrons. The van der Waals surface area contributed by atoms with E-state index < -0.39 is 11.5 Å². The maximum absolute atomic E-state index is 13.7. The van der Waals surface area contributed by atoms with Gasteiger partial charge in [0.1, 0.15) is 5.71 Å². The van der Waals surface area contributed by atoms with Crippen molar-refractivity contribution in [1.82, 2.24) is 4.90 Å². The number of carbonyl (C=O) groups excluding carboxylic acids is 3. The van der Waals surface area contributed by atoms with E-state index in [-0.39, 0.29) is 23.7 Å². The van der Waals surface area contributed by atoms with E-state index in [2.05, 4.69) is 65.7 Å². The van der Waals surface area contributed by atoms with Crippen LogP contribution in [0.1, 0.15) is 98.9 Å². The largest absolute Gasteiger partial charge is 0.379 e. The summed E-state index contributed by atoms with van der Waals surface area (Å²) in [5, 5.41) is 4.01. The van der Waals surface area contributed by atoms with Crippen molar-refractivity contribution in [3.63, 3.8) is 0 Å². The van der Waals surface area contributed by atoms with E-state index in [1.165, 1.54) is 5.56 Å². The Hall–Kier alpha value is -3.79. The SMILES string of the molecule is CCCCCCC(=O)O/N=C(\CCCS)C(=O)c1ccc(N(c2ccc(CC)cc2)c2ccc(C(=O)C(C)(C)N3CCOCC3)cc2)cc1. The van der Waals surface area contributed by atoms with Crippen molar-refractivity contribution in [2.24, 2.45) is 5.16 Å². The summed E-state index contributed by atoms with van der Waals surface area (Å²) in [4.78, 5) is 48.9. The van der Waals surface area contributed by atoms with Crippen LogP contribution in [-0.2, 0) is 20.8 Å². The first-order valence-corrected chi connectivity index (χ1v) is 18.2. The molecule has 1 fully saturated rings. The van der Waals surface area contributed by atoms with Gasteiger partial charge in [0.2, 0.25) is 5.78 Å². The van der Waals surface area contributed by atoms with E-state index in [4.69, 9.17) is 9.57 Å². The second-order valence-electron chi connectivity index (χ2n) is 12.9. The maximum Gasteiger partial charge on any atom is 0.335 e. The second-order valence-corrected chi connectivity index (χ2v) is 13.4. The Morgan fingerprint density at radius 1 is 0.796 bits per heavy atom. The Morgan fingerprint density at radius 2 is 1.37 bits per heavy atom. The lowest BCUT2D eigenvalue weighted by Crippen LogP contribution is -2.54. The minimum atomic E-state index is -0.647. The van der Waals surface area contributed by atoms with Crippen molar-refractivity contribution in [3.05, 3.63) is 89.5 Å². The van der Waals surface area contributed by atoms with Gasteiger partial charge in [-0.15, -0.1) is 0 Å². The summed E-state index contributed by atoms with van der Waals surface area (Å²) in [5.41, 5.74) is 4.57. The normalized spacial score (nSPS) is 14.0. The number of rotatable bonds is 18. The molecule has 3 aromatic carbocycles. The van der Waals surface area contributed by atoms with Crippen molar-refractivity contribution in [1.29, 1.82) is 0 Å². The van der Waals surface area contributed by atoms with Crippen LogP contribution in [0.5, 0.6) is 0 Å². The van der Waals surface area contributed by atoms with E-state index in [9.17, 15) is 14.4 Å². The predicted octanol–water partition coefficient (Wildman–Crippen LogP) is 8.77. The van der Waals surface area contributed by atoms with E-state index in [1.807, 2.05) is 50.2 Å². The van der Waals surface area contributed by atoms with Crippen molar-refractivity contribution in [2.75, 3.05) is 37.0 Å². The Morgan fingerprint density at radius 3 is 1.92 bits per heavy atom. The molecule has 1 aliphatic rings. The predicted molar refractivity (Wildman–Crippen MR) is 201 cm³/mol. The van der Waals surface area contributed by atoms with Gasteiger partial charge >= 0.3 is 5.97 Å². The fraction of sp³-hybridized carbons (Fsp3) is 0.450. The molecule has 0 amide bonds. The highest BCUT2D eigenvalue weighted by atomic mass is 32.1. The van der Waals surface area contributed by atoms with Crippen molar-refractivity contribution < 1.29 is 24.0 Å². The fourth-order valence-electron chi connectivity index (χ4n) is 5.93. The molecule has 4 rings (SSSR count). The number of nitrogens with zero attached hydrogens (tertiary/aromatic N) is 3. The van der Waals surface area contributed by atoms with Gasteiger partial charge in [0, 0.05) is 47.7 Å². The van der Waals surface area contributed by atoms with Crippen LogP contribution in [0.4, 0.5) is 17.1 Å². The number of thiol groups is 1. The van der Waals surface area contributed by atoms with Crippen LogP contribution in [0.3, 0.4) is 0 Å². The highest BCUT2D eigenvalue weighted by Crippen LogP contribution is 2.35. The molecule has 0 saturated carbocycles. The molecule has 1 aliphatic heterocycles. The van der Waals surface area contributed by atoms with E-state index in [0.29, 0.717) is 42.9 Å². The topological polar surface area (TPSA) is 88.5 Å². The summed E-state index contributed by atoms with van der Waals surface area (Å²) in [6.45, 7) is 10.9. The molecule has 0 N–H and O–H groups in total. The standard InChI is InChI=1S/C40H51N3O5S/c1-5-7-8-9-12-37(44)48-41-36(11-10-29-49)38(45)31-15-21-34(22-16-31)43(33-19-13-30(6-2)14-20-33)35-23-17-32(18-24-35)39(46)40(3,4)42-25-27-47-28-26-42/h13-24,49H,5-12,25-29H2,1-4H3/b41-36+. The summed E-state index contributed by atoms with van der Waals surface area (Å²) in [5.74, 6) is -0.0569. The number of benzene rings is 3. The van der Waals surface area contributed by atoms with E-state index >= 15 is 0 Å². The zero-order valence-electron chi connectivity index (χ0n) is 29.5. The molecular formula is C40H51N3O5S. The third kappa shape index (κ3) is 10.4. The minimum absolute atomic E-state index is 0.0696. The average molecular weight is 686 g/mol. The van der Waals surface area contributed by atoms with Crippen LogP contribution in [0.2, 0.25) is 0 Å². The van der Waals surface area contributed by atoms with E-state index in [1.54, 1.807) is 12.1 Å². The molecule has 262 valence electrons. The monoisotopic (exact) mass is 685 g/mol. The van der Waals surface area contributed by atoms with Crippen LogP contribution >= 0.6 is 12.6 Å². The molecule has 0 aromatic heterocycles. The smallest absolute Gasteiger partial charge is 0.335 e. The van der Waals surface area contributed by atoms with Gasteiger partial charge in [-0.3, -0.25) is 14.5 Å². The summed E-state index contributed by atoms with van der Waals surface area (Å²) in [6, 6.07) is 23.4. The number of Topliss-reactive ketones (excluding diaryl/α,β-unsaturated/α-hetero) is 2. The maximum atomic E-state index is 13.7. The Balaban J connectivity index is 1.58. The zero-order chi connectivity index (χ0) is 35.2. The number of ketones is 2. The molecule has 0 unspecified atom stereocenters. The number of oxime groups is 1. The number of anilines is 3. The Labute approximate surface area is 297 Å². The second kappa shape index (κ2) is 18.8. The molecule has 1 heterocycles. The van der Waals surface area contributed by atoms with Crippen molar-refractivity contribution in [3.8, 4) is 0 Å². The molecule has 0 bridgehead atoms. The van der Waals surface area contributed by atoms with Crippen molar-refractivity contribution in [2.45, 2.75) is 84.6 Å². The third-order valence-electron chi connectivity index (χ3n) is 9.06. The van der Waals surface area contributed by atoms with Crippen LogP contribution in [0.25, 0.3) is 0 Å². The molecule has 0 atom stereocenters. The first-order chi connectivity index (χ1) is 23.7. The average Bonchev–Trinajstić information content (AvgIpc) is 3.14. The molecule has 0 spiro atoms. The lowest BCUT2D eigenvalue weighted by molar-refractivity contribution is -0.143. The molecule has 0 aliphatic carbocycles. The number of hydrogen-bond donors (Lipinski definition) is 1. The van der Waals surface area contributed by atoms with Gasteiger partial charge in [-0.05, 0) is 112 Å². The van der Waals surface area contributed by atoms with Crippen molar-refractivity contribution >= 4 is 52.9 Å². The van der Waals surface area contributed by atoms with Gasteiger partial charge in [-0.1, -0.05) is 50.4 Å².